The van der Waals surface area contributed by atoms with Crippen LogP contribution < -0.4 is 10.2 Å². The number of aromatic nitrogens is 2. The molecule has 0 saturated carbocycles. The summed E-state index contributed by atoms with van der Waals surface area (Å²) in [6.45, 7) is 5.97. The van der Waals surface area contributed by atoms with Crippen LogP contribution in [0.4, 0.5) is 14.6 Å². The van der Waals surface area contributed by atoms with Crippen LogP contribution in [0, 0.1) is 28.4 Å². The Labute approximate surface area is 185 Å². The number of hydrogen-bond acceptors (Lipinski definition) is 7. The molecule has 0 aliphatic carbocycles. The van der Waals surface area contributed by atoms with Crippen molar-refractivity contribution in [1.82, 2.24) is 15.3 Å². The van der Waals surface area contributed by atoms with E-state index in [1.807, 2.05) is 13.8 Å². The van der Waals surface area contributed by atoms with E-state index in [4.69, 9.17) is 5.41 Å². The van der Waals surface area contributed by atoms with E-state index in [9.17, 15) is 18.4 Å². The number of allylic oxidation sites excluding steroid dienone is 2. The molecule has 0 radical (unpaired) electrons. The molecule has 1 fully saturated rings. The number of nitrogens with one attached hydrogen (secondary N) is 2. The molecule has 1 saturated heterocycles. The molecule has 1 aliphatic rings. The highest BCUT2D eigenvalue weighted by Crippen LogP contribution is 2.36. The third kappa shape index (κ3) is 5.04. The van der Waals surface area contributed by atoms with Crippen LogP contribution >= 0.6 is 0 Å². The van der Waals surface area contributed by atoms with Gasteiger partial charge >= 0.3 is 0 Å². The summed E-state index contributed by atoms with van der Waals surface area (Å²) in [7, 11) is 0. The van der Waals surface area contributed by atoms with Gasteiger partial charge in [0, 0.05) is 38.0 Å². The smallest absolute Gasteiger partial charge is 0.183 e. The highest BCUT2D eigenvalue weighted by molar-refractivity contribution is 6.09. The second kappa shape index (κ2) is 9.33. The number of rotatable bonds is 8. The molecule has 1 aromatic carbocycles. The molecule has 168 valence electrons. The van der Waals surface area contributed by atoms with Crippen molar-refractivity contribution in [1.29, 1.82) is 5.41 Å². The van der Waals surface area contributed by atoms with Crippen LogP contribution in [0.5, 0.6) is 0 Å². The second-order valence-corrected chi connectivity index (χ2v) is 8.45. The van der Waals surface area contributed by atoms with Gasteiger partial charge < -0.3 is 15.0 Å². The van der Waals surface area contributed by atoms with Crippen molar-refractivity contribution in [2.24, 2.45) is 11.3 Å². The first kappa shape index (κ1) is 23.2. The summed E-state index contributed by atoms with van der Waals surface area (Å²) in [5.74, 6) is -1.76. The molecule has 0 amide bonds. The zero-order valence-electron chi connectivity index (χ0n) is 18.2. The van der Waals surface area contributed by atoms with Crippen molar-refractivity contribution in [2.75, 3.05) is 18.0 Å². The number of aldehydes is 1. The van der Waals surface area contributed by atoms with Gasteiger partial charge in [-0.2, -0.15) is 0 Å². The topological polar surface area (TPSA) is 99.0 Å². The molecule has 2 heterocycles. The first-order chi connectivity index (χ1) is 15.1. The van der Waals surface area contributed by atoms with Gasteiger partial charge in [-0.15, -0.1) is 0 Å². The fourth-order valence-electron chi connectivity index (χ4n) is 3.57. The minimum Gasteiger partial charge on any atom is -0.378 e. The van der Waals surface area contributed by atoms with E-state index in [-0.39, 0.29) is 46.7 Å². The minimum atomic E-state index is -0.655. The normalized spacial score (nSPS) is 17.8. The van der Waals surface area contributed by atoms with Crippen molar-refractivity contribution in [2.45, 2.75) is 27.3 Å². The number of Topliss-reactive ketones (excluding diaryl/α,β-unsaturated/α-hetero) is 1. The molecule has 2 aromatic rings. The molecule has 2 N–H and O–H groups in total. The van der Waals surface area contributed by atoms with Gasteiger partial charge in [-0.1, -0.05) is 32.0 Å². The molecule has 32 heavy (non-hydrogen) atoms. The van der Waals surface area contributed by atoms with Gasteiger partial charge in [0.15, 0.2) is 23.2 Å². The Balaban J connectivity index is 1.82. The molecule has 1 unspecified atom stereocenters. The van der Waals surface area contributed by atoms with Gasteiger partial charge in [0.25, 0.3) is 0 Å². The van der Waals surface area contributed by atoms with Crippen LogP contribution in [0.1, 0.15) is 32.2 Å². The van der Waals surface area contributed by atoms with Crippen LogP contribution in [0.15, 0.2) is 42.2 Å². The third-order valence-corrected chi connectivity index (χ3v) is 5.54. The lowest BCUT2D eigenvalue weighted by Gasteiger charge is -2.22. The maximum absolute atomic E-state index is 14.5. The number of benzene rings is 1. The number of carbonyl (C=O) groups excluding carboxylic acids is 2. The Bertz CT molecular complexity index is 1080. The number of ketones is 1. The largest absolute Gasteiger partial charge is 0.378 e. The number of halogens is 2. The summed E-state index contributed by atoms with van der Waals surface area (Å²) in [6, 6.07) is 6.16. The van der Waals surface area contributed by atoms with Crippen molar-refractivity contribution in [3.8, 4) is 0 Å². The molecule has 0 bridgehead atoms. The van der Waals surface area contributed by atoms with Crippen molar-refractivity contribution >= 4 is 23.6 Å². The van der Waals surface area contributed by atoms with Crippen LogP contribution in [0.3, 0.4) is 0 Å². The summed E-state index contributed by atoms with van der Waals surface area (Å²) in [4.78, 5) is 33.1. The SMILES string of the molecule is CC(=O)/C(=C/C(=N)c1ncc(F)c(N2CC(C=O)C(C)(C)C2)n1)NCc1ccccc1F. The fourth-order valence-corrected chi connectivity index (χ4v) is 3.57. The summed E-state index contributed by atoms with van der Waals surface area (Å²) in [5, 5.41) is 11.1. The predicted octanol–water partition coefficient (Wildman–Crippen LogP) is 3.05. The molecule has 1 atom stereocenters. The first-order valence-corrected chi connectivity index (χ1v) is 10.1. The number of anilines is 1. The summed E-state index contributed by atoms with van der Waals surface area (Å²) < 4.78 is 28.3. The van der Waals surface area contributed by atoms with Gasteiger partial charge in [-0.3, -0.25) is 10.2 Å². The number of carbonyl (C=O) groups is 2. The molecule has 0 spiro atoms. The lowest BCUT2D eigenvalue weighted by molar-refractivity contribution is -0.114. The summed E-state index contributed by atoms with van der Waals surface area (Å²) >= 11 is 0. The van der Waals surface area contributed by atoms with Crippen LogP contribution in [0.2, 0.25) is 0 Å². The molecule has 1 aromatic heterocycles. The van der Waals surface area contributed by atoms with Gasteiger partial charge in [-0.25, -0.2) is 18.7 Å². The van der Waals surface area contributed by atoms with E-state index in [2.05, 4.69) is 15.3 Å². The molecule has 1 aliphatic heterocycles. The van der Waals surface area contributed by atoms with E-state index in [1.165, 1.54) is 19.1 Å². The standard InChI is InChI=1S/C23H25F2N5O2/c1-14(32)20(27-9-15-6-4-5-7-17(15)24)8-19(26)21-28-10-18(25)22(29-21)30-11-16(12-31)23(2,3)13-30/h4-8,10,12,16,26-27H,9,11,13H2,1-3H3/b20-8-,26-19?. The highest BCUT2D eigenvalue weighted by atomic mass is 19.1. The lowest BCUT2D eigenvalue weighted by atomic mass is 9.83. The average Bonchev–Trinajstić information content (AvgIpc) is 3.06. The Morgan fingerprint density at radius 2 is 2.03 bits per heavy atom. The predicted molar refractivity (Wildman–Crippen MR) is 116 cm³/mol. The van der Waals surface area contributed by atoms with Gasteiger partial charge in [0.2, 0.25) is 0 Å². The van der Waals surface area contributed by atoms with Gasteiger partial charge in [0.05, 0.1) is 11.9 Å². The fraction of sp³-hybridized carbons (Fsp3) is 0.348. The second-order valence-electron chi connectivity index (χ2n) is 8.45. The van der Waals surface area contributed by atoms with Crippen molar-refractivity contribution in [3.05, 3.63) is 65.3 Å². The molecular formula is C23H25F2N5O2. The summed E-state index contributed by atoms with van der Waals surface area (Å²) in [6.07, 6.45) is 3.08. The van der Waals surface area contributed by atoms with E-state index in [1.54, 1.807) is 23.1 Å². The molecule has 3 rings (SSSR count). The third-order valence-electron chi connectivity index (χ3n) is 5.54. The molecule has 7 nitrogen and oxygen atoms in total. The van der Waals surface area contributed by atoms with Gasteiger partial charge in [0.1, 0.15) is 17.8 Å². The van der Waals surface area contributed by atoms with Crippen LogP contribution in [-0.4, -0.2) is 40.8 Å². The highest BCUT2D eigenvalue weighted by Gasteiger charge is 2.40. The minimum absolute atomic E-state index is 0.00858. The number of hydrogen-bond donors (Lipinski definition) is 2. The quantitative estimate of drug-likeness (QED) is 0.371. The van der Waals surface area contributed by atoms with E-state index >= 15 is 0 Å². The Kier molecular flexibility index (Phi) is 6.76. The number of nitrogens with zero attached hydrogens (tertiary/aromatic N) is 3. The van der Waals surface area contributed by atoms with Crippen molar-refractivity contribution < 1.29 is 18.4 Å². The zero-order valence-corrected chi connectivity index (χ0v) is 18.2. The maximum atomic E-state index is 14.5. The lowest BCUT2D eigenvalue weighted by Crippen LogP contribution is -2.26. The van der Waals surface area contributed by atoms with E-state index in [0.717, 1.165) is 12.5 Å². The first-order valence-electron chi connectivity index (χ1n) is 10.1. The van der Waals surface area contributed by atoms with Crippen LogP contribution in [0.25, 0.3) is 0 Å². The average molecular weight is 441 g/mol. The Hall–Kier alpha value is -3.49. The molecular weight excluding hydrogens is 416 g/mol. The maximum Gasteiger partial charge on any atom is 0.183 e. The zero-order chi connectivity index (χ0) is 23.5. The molecule has 9 heteroatoms. The van der Waals surface area contributed by atoms with E-state index in [0.29, 0.717) is 18.7 Å². The van der Waals surface area contributed by atoms with Crippen molar-refractivity contribution in [3.63, 3.8) is 0 Å². The van der Waals surface area contributed by atoms with Gasteiger partial charge in [-0.05, 0) is 17.6 Å². The Morgan fingerprint density at radius 3 is 2.66 bits per heavy atom. The Morgan fingerprint density at radius 1 is 1.31 bits per heavy atom. The van der Waals surface area contributed by atoms with Crippen LogP contribution in [-0.2, 0) is 16.1 Å². The summed E-state index contributed by atoms with van der Waals surface area (Å²) in [5.41, 5.74) is -0.0997. The monoisotopic (exact) mass is 441 g/mol. The van der Waals surface area contributed by atoms with E-state index < -0.39 is 11.6 Å².